The fraction of sp³-hybridized carbons (Fsp3) is 0.478. The summed E-state index contributed by atoms with van der Waals surface area (Å²) >= 11 is 1.64. The molecule has 2 unspecified atom stereocenters. The number of aromatic hydroxyl groups is 1. The van der Waals surface area contributed by atoms with E-state index in [4.69, 9.17) is 11.5 Å². The fourth-order valence-corrected chi connectivity index (χ4v) is 5.66. The smallest absolute Gasteiger partial charge is 0.236 e. The van der Waals surface area contributed by atoms with E-state index < -0.39 is 38.9 Å². The molecule has 6 N–H and O–H groups in total. The number of phenolic OH excluding ortho intramolecular Hbond substituents is 1. The number of phenols is 1. The molecule has 0 saturated carbocycles. The van der Waals surface area contributed by atoms with Crippen molar-refractivity contribution in [2.75, 3.05) is 12.8 Å². The Labute approximate surface area is 199 Å². The molecule has 0 radical (unpaired) electrons. The minimum absolute atomic E-state index is 0.107. The molecule has 1 aromatic carbocycles. The van der Waals surface area contributed by atoms with Gasteiger partial charge in [0, 0.05) is 17.7 Å². The number of carbonyl (C=O) groups is 2. The number of hydrogen-bond acceptors (Lipinski definition) is 8. The van der Waals surface area contributed by atoms with Crippen LogP contribution in [0.25, 0.3) is 0 Å². The monoisotopic (exact) mass is 495 g/mol. The number of thiophene rings is 1. The predicted molar refractivity (Wildman–Crippen MR) is 131 cm³/mol. The highest BCUT2D eigenvalue weighted by atomic mass is 32.2. The van der Waals surface area contributed by atoms with E-state index in [1.165, 1.54) is 4.88 Å². The van der Waals surface area contributed by atoms with Gasteiger partial charge in [-0.05, 0) is 79.8 Å². The summed E-state index contributed by atoms with van der Waals surface area (Å²) in [5, 5.41) is 12.9. The molecule has 0 aliphatic rings. The lowest BCUT2D eigenvalue weighted by Crippen LogP contribution is -2.49. The second-order valence-electron chi connectivity index (χ2n) is 8.41. The zero-order valence-corrected chi connectivity index (χ0v) is 20.8. The van der Waals surface area contributed by atoms with E-state index in [2.05, 4.69) is 5.32 Å². The number of benzene rings is 1. The molecule has 182 valence electrons. The lowest BCUT2D eigenvalue weighted by atomic mass is 9.93. The van der Waals surface area contributed by atoms with Crippen LogP contribution in [0.2, 0.25) is 0 Å². The Morgan fingerprint density at radius 1 is 1.15 bits per heavy atom. The largest absolute Gasteiger partial charge is 0.508 e. The molecule has 33 heavy (non-hydrogen) atoms. The number of sulfone groups is 1. The van der Waals surface area contributed by atoms with E-state index in [1.807, 2.05) is 17.5 Å². The maximum Gasteiger partial charge on any atom is 0.236 e. The van der Waals surface area contributed by atoms with Crippen molar-refractivity contribution in [1.82, 2.24) is 5.32 Å². The van der Waals surface area contributed by atoms with E-state index in [9.17, 15) is 23.1 Å². The van der Waals surface area contributed by atoms with Crippen LogP contribution in [-0.4, -0.2) is 55.3 Å². The van der Waals surface area contributed by atoms with Gasteiger partial charge in [0.05, 0.1) is 12.1 Å². The first-order chi connectivity index (χ1) is 15.4. The molecule has 0 bridgehead atoms. The van der Waals surface area contributed by atoms with Crippen molar-refractivity contribution in [2.45, 2.75) is 56.9 Å². The number of carbonyl (C=O) groups excluding carboxylic acids is 2. The number of nitrogens with one attached hydrogen (secondary N) is 1. The first-order valence-electron chi connectivity index (χ1n) is 10.7. The van der Waals surface area contributed by atoms with Gasteiger partial charge in [-0.25, -0.2) is 8.42 Å². The van der Waals surface area contributed by atoms with Crippen molar-refractivity contribution in [3.8, 4) is 5.75 Å². The van der Waals surface area contributed by atoms with Crippen LogP contribution in [0.15, 0.2) is 29.6 Å². The summed E-state index contributed by atoms with van der Waals surface area (Å²) in [7, 11) is -3.84. The van der Waals surface area contributed by atoms with Gasteiger partial charge in [-0.3, -0.25) is 9.59 Å². The van der Waals surface area contributed by atoms with E-state index >= 15 is 0 Å². The number of aryl methyl sites for hydroxylation is 3. The van der Waals surface area contributed by atoms with Crippen LogP contribution in [0.1, 0.15) is 34.4 Å². The molecule has 1 heterocycles. The van der Waals surface area contributed by atoms with Gasteiger partial charge < -0.3 is 21.9 Å². The van der Waals surface area contributed by atoms with Crippen LogP contribution in [0, 0.1) is 13.8 Å². The van der Waals surface area contributed by atoms with Crippen molar-refractivity contribution < 1.29 is 23.1 Å². The first-order valence-corrected chi connectivity index (χ1v) is 13.6. The van der Waals surface area contributed by atoms with Gasteiger partial charge in [0.25, 0.3) is 0 Å². The van der Waals surface area contributed by atoms with Crippen molar-refractivity contribution in [3.05, 3.63) is 51.2 Å². The van der Waals surface area contributed by atoms with E-state index in [-0.39, 0.29) is 18.6 Å². The van der Waals surface area contributed by atoms with Gasteiger partial charge in [0.15, 0.2) is 15.6 Å². The third-order valence-corrected chi connectivity index (χ3v) is 7.98. The van der Waals surface area contributed by atoms with Gasteiger partial charge in [0.1, 0.15) is 11.0 Å². The number of Topliss-reactive ketones (excluding diaryl/α,β-unsaturated/α-hetero) is 1. The topological polar surface area (TPSA) is 153 Å². The molecule has 0 saturated heterocycles. The van der Waals surface area contributed by atoms with Gasteiger partial charge in [0.2, 0.25) is 5.91 Å². The SMILES string of the molecule is Cc1cc(O)cc(C)c1C[C@@H](N)C(=O)C(CC(N)C(=O)NCCCc1cccs1)S(C)(=O)=O. The van der Waals surface area contributed by atoms with Gasteiger partial charge in [-0.2, -0.15) is 0 Å². The van der Waals surface area contributed by atoms with Crippen LogP contribution in [0.5, 0.6) is 5.75 Å². The predicted octanol–water partition coefficient (Wildman–Crippen LogP) is 1.39. The maximum absolute atomic E-state index is 13.0. The highest BCUT2D eigenvalue weighted by molar-refractivity contribution is 7.92. The van der Waals surface area contributed by atoms with Gasteiger partial charge >= 0.3 is 0 Å². The lowest BCUT2D eigenvalue weighted by molar-refractivity contribution is -0.123. The molecule has 0 spiro atoms. The number of amides is 1. The molecule has 8 nitrogen and oxygen atoms in total. The van der Waals surface area contributed by atoms with Crippen LogP contribution in [-0.2, 0) is 32.3 Å². The second kappa shape index (κ2) is 11.7. The zero-order chi connectivity index (χ0) is 24.8. The average molecular weight is 496 g/mol. The van der Waals surface area contributed by atoms with Crippen molar-refractivity contribution in [2.24, 2.45) is 11.5 Å². The second-order valence-corrected chi connectivity index (χ2v) is 11.7. The summed E-state index contributed by atoms with van der Waals surface area (Å²) < 4.78 is 24.7. The van der Waals surface area contributed by atoms with Crippen LogP contribution >= 0.6 is 11.3 Å². The van der Waals surface area contributed by atoms with Crippen molar-refractivity contribution in [1.29, 1.82) is 0 Å². The summed E-state index contributed by atoms with van der Waals surface area (Å²) in [5.74, 6) is -1.07. The number of hydrogen-bond donors (Lipinski definition) is 4. The Kier molecular flexibility index (Phi) is 9.59. The Morgan fingerprint density at radius 3 is 2.33 bits per heavy atom. The molecule has 2 aromatic rings. The third kappa shape index (κ3) is 7.92. The number of nitrogens with two attached hydrogens (primary N) is 2. The van der Waals surface area contributed by atoms with Crippen molar-refractivity contribution in [3.63, 3.8) is 0 Å². The summed E-state index contributed by atoms with van der Waals surface area (Å²) in [6, 6.07) is 4.86. The third-order valence-electron chi connectivity index (χ3n) is 5.59. The highest BCUT2D eigenvalue weighted by Crippen LogP contribution is 2.23. The standard InChI is InChI=1S/C23H33N3O5S2/c1-14-10-16(27)11-15(2)18(14)12-19(24)22(28)21(33(3,30)31)13-20(25)23(29)26-8-4-6-17-7-5-9-32-17/h5,7,9-11,19-21,27H,4,6,8,12-13,24-25H2,1-3H3,(H,26,29)/t19-,20?,21?/m1/s1. The molecular weight excluding hydrogens is 462 g/mol. The number of ketones is 1. The quantitative estimate of drug-likeness (QED) is 0.325. The Hall–Kier alpha value is -2.27. The highest BCUT2D eigenvalue weighted by Gasteiger charge is 2.35. The summed E-state index contributed by atoms with van der Waals surface area (Å²) in [5.41, 5.74) is 14.3. The van der Waals surface area contributed by atoms with Crippen LogP contribution in [0.3, 0.4) is 0 Å². The number of rotatable bonds is 12. The molecule has 1 aromatic heterocycles. The molecule has 2 rings (SSSR count). The molecule has 0 aliphatic carbocycles. The molecule has 10 heteroatoms. The summed E-state index contributed by atoms with van der Waals surface area (Å²) in [4.78, 5) is 26.6. The minimum atomic E-state index is -3.84. The lowest BCUT2D eigenvalue weighted by Gasteiger charge is -2.22. The molecule has 1 amide bonds. The van der Waals surface area contributed by atoms with Gasteiger partial charge in [-0.1, -0.05) is 6.07 Å². The summed E-state index contributed by atoms with van der Waals surface area (Å²) in [6.45, 7) is 3.97. The van der Waals surface area contributed by atoms with Gasteiger partial charge in [-0.15, -0.1) is 11.3 Å². The fourth-order valence-electron chi connectivity index (χ4n) is 3.75. The first kappa shape index (κ1) is 27.0. The van der Waals surface area contributed by atoms with E-state index in [0.29, 0.717) is 6.54 Å². The Morgan fingerprint density at radius 2 is 1.79 bits per heavy atom. The molecule has 3 atom stereocenters. The average Bonchev–Trinajstić information content (AvgIpc) is 3.23. The Bertz CT molecular complexity index is 1040. The normalized spacial score (nSPS) is 14.5. The van der Waals surface area contributed by atoms with Crippen LogP contribution < -0.4 is 16.8 Å². The zero-order valence-electron chi connectivity index (χ0n) is 19.2. The van der Waals surface area contributed by atoms with Crippen LogP contribution in [0.4, 0.5) is 0 Å². The molecule has 0 fully saturated rings. The van der Waals surface area contributed by atoms with E-state index in [1.54, 1.807) is 37.3 Å². The van der Waals surface area contributed by atoms with Crippen molar-refractivity contribution >= 4 is 32.9 Å². The Balaban J connectivity index is 1.99. The molecule has 0 aliphatic heterocycles. The molecular formula is C23H33N3O5S2. The van der Waals surface area contributed by atoms with E-state index in [0.717, 1.165) is 35.8 Å². The minimum Gasteiger partial charge on any atom is -0.508 e. The maximum atomic E-state index is 13.0. The summed E-state index contributed by atoms with van der Waals surface area (Å²) in [6.07, 6.45) is 2.28.